The molecule has 1 heterocycles. The summed E-state index contributed by atoms with van der Waals surface area (Å²) in [5.41, 5.74) is 1.81. The minimum Gasteiger partial charge on any atom is -0.348 e. The van der Waals surface area contributed by atoms with Crippen LogP contribution in [0.5, 0.6) is 0 Å². The van der Waals surface area contributed by atoms with E-state index in [-0.39, 0.29) is 5.69 Å². The number of nitrogens with zero attached hydrogens (tertiary/aromatic N) is 2. The van der Waals surface area contributed by atoms with Crippen molar-refractivity contribution in [2.24, 2.45) is 10.2 Å². The molecular weight excluding hydrogens is 431 g/mol. The Morgan fingerprint density at radius 2 is 1.67 bits per heavy atom. The van der Waals surface area contributed by atoms with Crippen LogP contribution in [0.2, 0.25) is 5.02 Å². The van der Waals surface area contributed by atoms with Crippen LogP contribution in [-0.2, 0) is 11.9 Å². The number of fused-ring (bicyclic) bond motifs is 1. The van der Waals surface area contributed by atoms with Crippen molar-refractivity contribution in [3.05, 3.63) is 88.9 Å². The normalized spacial score (nSPS) is 12.1. The Balaban J connectivity index is 1.67. The van der Waals surface area contributed by atoms with Gasteiger partial charge in [-0.25, -0.2) is 0 Å². The standard InChI is InChI=1S/C22H15ClF3N3S/c23-18-10-3-1-6-14(18)13-30-21-20(17-9-2-4-11-19(17)27-21)29-28-16-8-5-7-15(12-16)22(24,25)26/h1-12,27H,13H2. The highest BCUT2D eigenvalue weighted by molar-refractivity contribution is 7.98. The van der Waals surface area contributed by atoms with Crippen molar-refractivity contribution < 1.29 is 13.2 Å². The largest absolute Gasteiger partial charge is 0.416 e. The molecule has 3 nitrogen and oxygen atoms in total. The lowest BCUT2D eigenvalue weighted by Gasteiger charge is -2.06. The van der Waals surface area contributed by atoms with Crippen molar-refractivity contribution in [3.8, 4) is 0 Å². The number of hydrogen-bond donors (Lipinski definition) is 1. The van der Waals surface area contributed by atoms with Crippen LogP contribution in [0.1, 0.15) is 11.1 Å². The van der Waals surface area contributed by atoms with Gasteiger partial charge in [0.15, 0.2) is 0 Å². The van der Waals surface area contributed by atoms with Crippen molar-refractivity contribution in [3.63, 3.8) is 0 Å². The van der Waals surface area contributed by atoms with Crippen LogP contribution in [0, 0.1) is 0 Å². The number of H-pyrrole nitrogens is 1. The van der Waals surface area contributed by atoms with Crippen LogP contribution < -0.4 is 0 Å². The van der Waals surface area contributed by atoms with Crippen molar-refractivity contribution >= 4 is 45.6 Å². The highest BCUT2D eigenvalue weighted by Gasteiger charge is 2.30. The summed E-state index contributed by atoms with van der Waals surface area (Å²) in [7, 11) is 0. The van der Waals surface area contributed by atoms with Gasteiger partial charge in [0.25, 0.3) is 0 Å². The molecule has 30 heavy (non-hydrogen) atoms. The molecule has 0 saturated carbocycles. The van der Waals surface area contributed by atoms with Crippen LogP contribution >= 0.6 is 23.4 Å². The quantitative estimate of drug-likeness (QED) is 0.242. The van der Waals surface area contributed by atoms with Crippen molar-refractivity contribution in [1.29, 1.82) is 0 Å². The average molecular weight is 446 g/mol. The summed E-state index contributed by atoms with van der Waals surface area (Å²) in [6.45, 7) is 0. The molecule has 0 saturated heterocycles. The Kier molecular flexibility index (Phi) is 5.83. The maximum atomic E-state index is 13.0. The summed E-state index contributed by atoms with van der Waals surface area (Å²) in [5, 5.41) is 10.7. The molecule has 1 aromatic heterocycles. The molecule has 0 aliphatic carbocycles. The Bertz CT molecular complexity index is 1220. The van der Waals surface area contributed by atoms with Gasteiger partial charge in [-0.3, -0.25) is 0 Å². The molecule has 4 aromatic rings. The van der Waals surface area contributed by atoms with Crippen molar-refractivity contribution in [2.45, 2.75) is 17.0 Å². The smallest absolute Gasteiger partial charge is 0.348 e. The number of thioether (sulfide) groups is 1. The van der Waals surface area contributed by atoms with Gasteiger partial charge in [0, 0.05) is 21.7 Å². The van der Waals surface area contributed by atoms with Gasteiger partial charge in [-0.15, -0.1) is 16.9 Å². The van der Waals surface area contributed by atoms with Crippen LogP contribution in [0.3, 0.4) is 0 Å². The van der Waals surface area contributed by atoms with Gasteiger partial charge in [-0.2, -0.15) is 18.3 Å². The van der Waals surface area contributed by atoms with Crippen molar-refractivity contribution in [2.75, 3.05) is 0 Å². The SMILES string of the molecule is FC(F)(F)c1cccc(N=Nc2c(SCc3ccccc3Cl)[nH]c3ccccc23)c1. The van der Waals surface area contributed by atoms with Gasteiger partial charge in [0.1, 0.15) is 10.7 Å². The van der Waals surface area contributed by atoms with E-state index in [1.54, 1.807) is 0 Å². The number of aromatic nitrogens is 1. The zero-order valence-electron chi connectivity index (χ0n) is 15.4. The second-order valence-electron chi connectivity index (χ2n) is 6.48. The first-order chi connectivity index (χ1) is 14.4. The monoisotopic (exact) mass is 445 g/mol. The molecule has 0 radical (unpaired) electrons. The molecule has 0 fully saturated rings. The second-order valence-corrected chi connectivity index (χ2v) is 7.87. The van der Waals surface area contributed by atoms with E-state index in [4.69, 9.17) is 11.6 Å². The number of benzene rings is 3. The summed E-state index contributed by atoms with van der Waals surface area (Å²) in [5.74, 6) is 0.610. The van der Waals surface area contributed by atoms with Crippen LogP contribution in [0.15, 0.2) is 88.1 Å². The summed E-state index contributed by atoms with van der Waals surface area (Å²) in [6.07, 6.45) is -4.43. The minimum atomic E-state index is -4.43. The van der Waals surface area contributed by atoms with E-state index in [2.05, 4.69) is 15.2 Å². The van der Waals surface area contributed by atoms with Gasteiger partial charge in [-0.05, 0) is 35.9 Å². The highest BCUT2D eigenvalue weighted by Crippen LogP contribution is 2.40. The third kappa shape index (κ3) is 4.52. The van der Waals surface area contributed by atoms with E-state index in [9.17, 15) is 13.2 Å². The topological polar surface area (TPSA) is 40.5 Å². The summed E-state index contributed by atoms with van der Waals surface area (Å²) < 4.78 is 38.9. The maximum Gasteiger partial charge on any atom is 0.416 e. The maximum absolute atomic E-state index is 13.0. The Hall–Kier alpha value is -2.77. The lowest BCUT2D eigenvalue weighted by atomic mass is 10.2. The molecule has 1 N–H and O–H groups in total. The predicted octanol–water partition coefficient (Wildman–Crippen LogP) is 8.55. The summed E-state index contributed by atoms with van der Waals surface area (Å²) in [4.78, 5) is 3.31. The summed E-state index contributed by atoms with van der Waals surface area (Å²) in [6, 6.07) is 19.9. The van der Waals surface area contributed by atoms with E-state index >= 15 is 0 Å². The second kappa shape index (κ2) is 8.53. The number of nitrogens with one attached hydrogen (secondary N) is 1. The molecule has 3 aromatic carbocycles. The van der Waals surface area contributed by atoms with Gasteiger partial charge >= 0.3 is 6.18 Å². The molecule has 0 aliphatic rings. The lowest BCUT2D eigenvalue weighted by Crippen LogP contribution is -2.03. The Labute approximate surface area is 180 Å². The zero-order valence-corrected chi connectivity index (χ0v) is 17.0. The molecule has 8 heteroatoms. The number of halogens is 4. The van der Waals surface area contributed by atoms with E-state index in [0.29, 0.717) is 16.5 Å². The van der Waals surface area contributed by atoms with E-state index in [1.807, 2.05) is 48.5 Å². The first-order valence-electron chi connectivity index (χ1n) is 8.98. The molecule has 0 spiro atoms. The third-order valence-corrected chi connectivity index (χ3v) is 5.82. The predicted molar refractivity (Wildman–Crippen MR) is 115 cm³/mol. The van der Waals surface area contributed by atoms with Crippen LogP contribution in [0.4, 0.5) is 24.5 Å². The third-order valence-electron chi connectivity index (χ3n) is 4.41. The average Bonchev–Trinajstić information content (AvgIpc) is 3.09. The minimum absolute atomic E-state index is 0.136. The molecule has 0 bridgehead atoms. The molecule has 0 atom stereocenters. The van der Waals surface area contributed by atoms with Gasteiger partial charge in [-0.1, -0.05) is 54.1 Å². The fraction of sp³-hybridized carbons (Fsp3) is 0.0909. The number of rotatable bonds is 5. The van der Waals surface area contributed by atoms with E-state index in [0.717, 1.165) is 33.6 Å². The molecule has 0 unspecified atom stereocenters. The molecular formula is C22H15ClF3N3S. The summed E-state index contributed by atoms with van der Waals surface area (Å²) >= 11 is 7.75. The molecule has 4 rings (SSSR count). The van der Waals surface area contributed by atoms with E-state index < -0.39 is 11.7 Å². The highest BCUT2D eigenvalue weighted by atomic mass is 35.5. The first kappa shape index (κ1) is 20.5. The van der Waals surface area contributed by atoms with E-state index in [1.165, 1.54) is 23.9 Å². The van der Waals surface area contributed by atoms with Crippen LogP contribution in [-0.4, -0.2) is 4.98 Å². The molecule has 152 valence electrons. The van der Waals surface area contributed by atoms with Gasteiger partial charge < -0.3 is 4.98 Å². The Morgan fingerprint density at radius 3 is 2.47 bits per heavy atom. The van der Waals surface area contributed by atoms with Gasteiger partial charge in [0.2, 0.25) is 0 Å². The number of alkyl halides is 3. The number of para-hydroxylation sites is 1. The number of azo groups is 1. The number of aromatic amines is 1. The molecule has 0 amide bonds. The van der Waals surface area contributed by atoms with Crippen LogP contribution in [0.25, 0.3) is 10.9 Å². The lowest BCUT2D eigenvalue weighted by molar-refractivity contribution is -0.137. The Morgan fingerprint density at radius 1 is 0.900 bits per heavy atom. The molecule has 0 aliphatic heterocycles. The zero-order chi connectivity index (χ0) is 21.1. The van der Waals surface area contributed by atoms with Crippen molar-refractivity contribution in [1.82, 2.24) is 4.98 Å². The van der Waals surface area contributed by atoms with Gasteiger partial charge in [0.05, 0.1) is 11.3 Å². The number of hydrogen-bond acceptors (Lipinski definition) is 3. The fourth-order valence-electron chi connectivity index (χ4n) is 2.92. The fourth-order valence-corrected chi connectivity index (χ4v) is 4.23. The first-order valence-corrected chi connectivity index (χ1v) is 10.3.